The summed E-state index contributed by atoms with van der Waals surface area (Å²) in [5, 5.41) is 2.71. The highest BCUT2D eigenvalue weighted by molar-refractivity contribution is 5.83. The Bertz CT molecular complexity index is 206. The predicted octanol–water partition coefficient (Wildman–Crippen LogP) is -0.00910. The van der Waals surface area contributed by atoms with Crippen molar-refractivity contribution >= 4 is 11.8 Å². The number of piperidine rings is 1. The van der Waals surface area contributed by atoms with Crippen LogP contribution in [0.25, 0.3) is 0 Å². The van der Waals surface area contributed by atoms with Crippen LogP contribution in [0, 0.1) is 5.92 Å². The molecule has 0 spiro atoms. The molecular formula is C9H16N2O2. The predicted molar refractivity (Wildman–Crippen MR) is 49.0 cm³/mol. The summed E-state index contributed by atoms with van der Waals surface area (Å²) in [4.78, 5) is 24.1. The number of carbonyl (C=O) groups is 2. The fourth-order valence-corrected chi connectivity index (χ4v) is 1.41. The highest BCUT2D eigenvalue weighted by Crippen LogP contribution is 2.12. The summed E-state index contributed by atoms with van der Waals surface area (Å²) in [7, 11) is 1.79. The van der Waals surface area contributed by atoms with Gasteiger partial charge in [-0.05, 0) is 13.3 Å². The Kier molecular flexibility index (Phi) is 3.28. The number of rotatable bonds is 2. The van der Waals surface area contributed by atoms with E-state index in [0.717, 1.165) is 6.54 Å². The van der Waals surface area contributed by atoms with E-state index < -0.39 is 0 Å². The molecule has 0 aliphatic carbocycles. The molecule has 1 aliphatic heterocycles. The van der Waals surface area contributed by atoms with Crippen molar-refractivity contribution in [1.82, 2.24) is 10.2 Å². The maximum Gasteiger partial charge on any atom is 0.227 e. The zero-order chi connectivity index (χ0) is 9.84. The maximum absolute atomic E-state index is 11.6. The SMILES string of the molecule is CCN(C)C(=O)C1CCC(=O)NC1. The summed E-state index contributed by atoms with van der Waals surface area (Å²) in [6, 6.07) is 0. The monoisotopic (exact) mass is 184 g/mol. The van der Waals surface area contributed by atoms with Crippen LogP contribution in [0.2, 0.25) is 0 Å². The van der Waals surface area contributed by atoms with Gasteiger partial charge >= 0.3 is 0 Å². The quantitative estimate of drug-likeness (QED) is 0.656. The Morgan fingerprint density at radius 3 is 2.85 bits per heavy atom. The minimum absolute atomic E-state index is 0.0114. The van der Waals surface area contributed by atoms with E-state index in [0.29, 0.717) is 19.4 Å². The first-order valence-electron chi connectivity index (χ1n) is 4.66. The fraction of sp³-hybridized carbons (Fsp3) is 0.778. The summed E-state index contributed by atoms with van der Waals surface area (Å²) in [5.74, 6) is 0.188. The summed E-state index contributed by atoms with van der Waals surface area (Å²) < 4.78 is 0. The van der Waals surface area contributed by atoms with Crippen molar-refractivity contribution in [3.05, 3.63) is 0 Å². The Morgan fingerprint density at radius 1 is 1.69 bits per heavy atom. The Hall–Kier alpha value is -1.06. The Balaban J connectivity index is 2.44. The molecule has 0 aromatic heterocycles. The van der Waals surface area contributed by atoms with Crippen molar-refractivity contribution in [1.29, 1.82) is 0 Å². The molecule has 1 fully saturated rings. The van der Waals surface area contributed by atoms with Gasteiger partial charge in [0.2, 0.25) is 11.8 Å². The molecule has 0 aromatic rings. The fourth-order valence-electron chi connectivity index (χ4n) is 1.41. The molecule has 0 saturated carbocycles. The van der Waals surface area contributed by atoms with Crippen molar-refractivity contribution in [2.45, 2.75) is 19.8 Å². The molecule has 0 radical (unpaired) electrons. The third kappa shape index (κ3) is 2.44. The van der Waals surface area contributed by atoms with Crippen molar-refractivity contribution in [2.75, 3.05) is 20.1 Å². The van der Waals surface area contributed by atoms with Gasteiger partial charge in [-0.15, -0.1) is 0 Å². The summed E-state index contributed by atoms with van der Waals surface area (Å²) >= 11 is 0. The first-order valence-corrected chi connectivity index (χ1v) is 4.66. The Morgan fingerprint density at radius 2 is 2.38 bits per heavy atom. The van der Waals surface area contributed by atoms with Crippen LogP contribution in [0.1, 0.15) is 19.8 Å². The van der Waals surface area contributed by atoms with E-state index in [-0.39, 0.29) is 17.7 Å². The van der Waals surface area contributed by atoms with E-state index in [9.17, 15) is 9.59 Å². The highest BCUT2D eigenvalue weighted by Gasteiger charge is 2.25. The molecule has 74 valence electrons. The van der Waals surface area contributed by atoms with Crippen molar-refractivity contribution < 1.29 is 9.59 Å². The maximum atomic E-state index is 11.6. The zero-order valence-corrected chi connectivity index (χ0v) is 8.17. The van der Waals surface area contributed by atoms with Gasteiger partial charge in [0.05, 0.1) is 5.92 Å². The van der Waals surface area contributed by atoms with E-state index in [4.69, 9.17) is 0 Å². The van der Waals surface area contributed by atoms with Crippen LogP contribution in [0.3, 0.4) is 0 Å². The van der Waals surface area contributed by atoms with E-state index in [1.165, 1.54) is 0 Å². The number of nitrogens with one attached hydrogen (secondary N) is 1. The molecule has 1 atom stereocenters. The number of hydrogen-bond donors (Lipinski definition) is 1. The van der Waals surface area contributed by atoms with Crippen LogP contribution < -0.4 is 5.32 Å². The zero-order valence-electron chi connectivity index (χ0n) is 8.17. The molecule has 13 heavy (non-hydrogen) atoms. The van der Waals surface area contributed by atoms with E-state index in [1.54, 1.807) is 11.9 Å². The van der Waals surface area contributed by atoms with Gasteiger partial charge in [-0.1, -0.05) is 0 Å². The standard InChI is InChI=1S/C9H16N2O2/c1-3-11(2)9(13)7-4-5-8(12)10-6-7/h7H,3-6H2,1-2H3,(H,10,12). The van der Waals surface area contributed by atoms with E-state index >= 15 is 0 Å². The number of hydrogen-bond acceptors (Lipinski definition) is 2. The molecule has 2 amide bonds. The first kappa shape index (κ1) is 10.0. The lowest BCUT2D eigenvalue weighted by molar-refractivity contribution is -0.136. The highest BCUT2D eigenvalue weighted by atomic mass is 16.2. The number of nitrogens with zero attached hydrogens (tertiary/aromatic N) is 1. The molecule has 0 bridgehead atoms. The third-order valence-corrected chi connectivity index (χ3v) is 2.47. The van der Waals surface area contributed by atoms with E-state index in [2.05, 4.69) is 5.32 Å². The van der Waals surface area contributed by atoms with E-state index in [1.807, 2.05) is 6.92 Å². The average molecular weight is 184 g/mol. The molecule has 1 rings (SSSR count). The lowest BCUT2D eigenvalue weighted by atomic mass is 9.98. The third-order valence-electron chi connectivity index (χ3n) is 2.47. The molecular weight excluding hydrogens is 168 g/mol. The second kappa shape index (κ2) is 4.25. The normalized spacial score (nSPS) is 22.3. The molecule has 1 heterocycles. The number of amides is 2. The van der Waals surface area contributed by atoms with Gasteiger partial charge < -0.3 is 10.2 Å². The van der Waals surface area contributed by atoms with Gasteiger partial charge in [0.25, 0.3) is 0 Å². The largest absolute Gasteiger partial charge is 0.355 e. The molecule has 4 nitrogen and oxygen atoms in total. The smallest absolute Gasteiger partial charge is 0.227 e. The molecule has 1 aliphatic rings. The van der Waals surface area contributed by atoms with Gasteiger partial charge in [-0.25, -0.2) is 0 Å². The van der Waals surface area contributed by atoms with Crippen LogP contribution in [0.15, 0.2) is 0 Å². The minimum atomic E-state index is -0.0114. The Labute approximate surface area is 78.3 Å². The van der Waals surface area contributed by atoms with Gasteiger partial charge in [0.15, 0.2) is 0 Å². The van der Waals surface area contributed by atoms with Crippen molar-refractivity contribution in [3.8, 4) is 0 Å². The summed E-state index contributed by atoms with van der Waals surface area (Å²) in [5.41, 5.74) is 0. The second-order valence-corrected chi connectivity index (χ2v) is 3.39. The van der Waals surface area contributed by atoms with Gasteiger partial charge in [-0.3, -0.25) is 9.59 Å². The van der Waals surface area contributed by atoms with Crippen LogP contribution in [0.4, 0.5) is 0 Å². The van der Waals surface area contributed by atoms with Crippen LogP contribution in [-0.4, -0.2) is 36.9 Å². The first-order chi connectivity index (χ1) is 6.15. The summed E-state index contributed by atoms with van der Waals surface area (Å²) in [6.07, 6.45) is 1.17. The molecule has 0 aromatic carbocycles. The molecule has 4 heteroatoms. The topological polar surface area (TPSA) is 49.4 Å². The van der Waals surface area contributed by atoms with Gasteiger partial charge in [0.1, 0.15) is 0 Å². The lowest BCUT2D eigenvalue weighted by Crippen LogP contribution is -2.43. The number of carbonyl (C=O) groups excluding carboxylic acids is 2. The second-order valence-electron chi connectivity index (χ2n) is 3.39. The average Bonchev–Trinajstić information content (AvgIpc) is 2.17. The molecule has 1 saturated heterocycles. The summed E-state index contributed by atoms with van der Waals surface area (Å²) in [6.45, 7) is 3.17. The van der Waals surface area contributed by atoms with Crippen LogP contribution in [-0.2, 0) is 9.59 Å². The van der Waals surface area contributed by atoms with Crippen molar-refractivity contribution in [2.24, 2.45) is 5.92 Å². The van der Waals surface area contributed by atoms with Gasteiger partial charge in [-0.2, -0.15) is 0 Å². The van der Waals surface area contributed by atoms with Gasteiger partial charge in [0, 0.05) is 26.6 Å². The molecule has 1 unspecified atom stereocenters. The van der Waals surface area contributed by atoms with Crippen molar-refractivity contribution in [3.63, 3.8) is 0 Å². The lowest BCUT2D eigenvalue weighted by Gasteiger charge is -2.25. The van der Waals surface area contributed by atoms with Crippen LogP contribution >= 0.6 is 0 Å². The molecule has 1 N–H and O–H groups in total. The minimum Gasteiger partial charge on any atom is -0.355 e. The van der Waals surface area contributed by atoms with Crippen LogP contribution in [0.5, 0.6) is 0 Å².